The lowest BCUT2D eigenvalue weighted by Gasteiger charge is -2.21. The fourth-order valence-electron chi connectivity index (χ4n) is 2.64. The molecule has 0 aromatic heterocycles. The third kappa shape index (κ3) is 2.70. The monoisotopic (exact) mass is 324 g/mol. The Kier molecular flexibility index (Phi) is 4.44. The van der Waals surface area contributed by atoms with Gasteiger partial charge in [0.1, 0.15) is 18.1 Å². The highest BCUT2D eigenvalue weighted by atomic mass is 16.7. The standard InChI is InChI=1S/C19H16O5/c1-3-8-23-16-10-12(24-11-22-2)9-15-17(16)19(21)14-7-5-4-6-13(14)18(15)20/h3-7,9-10H,1,8,11H2,2H3. The van der Waals surface area contributed by atoms with Crippen molar-refractivity contribution in [1.82, 2.24) is 0 Å². The Bertz CT molecular complexity index is 823. The Balaban J connectivity index is 2.16. The summed E-state index contributed by atoms with van der Waals surface area (Å²) >= 11 is 0. The molecule has 0 unspecified atom stereocenters. The van der Waals surface area contributed by atoms with Crippen molar-refractivity contribution >= 4 is 11.6 Å². The molecular weight excluding hydrogens is 308 g/mol. The summed E-state index contributed by atoms with van der Waals surface area (Å²) in [4.78, 5) is 25.6. The predicted octanol–water partition coefficient (Wildman–Crippen LogP) is 3.01. The highest BCUT2D eigenvalue weighted by molar-refractivity contribution is 6.29. The zero-order valence-corrected chi connectivity index (χ0v) is 13.2. The average Bonchev–Trinajstić information content (AvgIpc) is 2.62. The number of hydrogen-bond acceptors (Lipinski definition) is 5. The van der Waals surface area contributed by atoms with E-state index in [1.54, 1.807) is 42.5 Å². The smallest absolute Gasteiger partial charge is 0.198 e. The number of ketones is 2. The van der Waals surface area contributed by atoms with Crippen LogP contribution >= 0.6 is 0 Å². The van der Waals surface area contributed by atoms with E-state index < -0.39 is 0 Å². The minimum absolute atomic E-state index is 0.0262. The molecule has 2 aromatic rings. The van der Waals surface area contributed by atoms with E-state index >= 15 is 0 Å². The van der Waals surface area contributed by atoms with E-state index in [9.17, 15) is 9.59 Å². The largest absolute Gasteiger partial charge is 0.489 e. The van der Waals surface area contributed by atoms with Gasteiger partial charge in [-0.25, -0.2) is 0 Å². The fraction of sp³-hybridized carbons (Fsp3) is 0.158. The molecule has 3 rings (SSSR count). The molecule has 0 fully saturated rings. The molecule has 0 N–H and O–H groups in total. The lowest BCUT2D eigenvalue weighted by Crippen LogP contribution is -2.22. The molecule has 0 aliphatic heterocycles. The predicted molar refractivity (Wildman–Crippen MR) is 87.9 cm³/mol. The molecule has 5 nitrogen and oxygen atoms in total. The molecule has 0 atom stereocenters. The highest BCUT2D eigenvalue weighted by Gasteiger charge is 2.33. The van der Waals surface area contributed by atoms with Gasteiger partial charge in [-0.05, 0) is 6.07 Å². The summed E-state index contributed by atoms with van der Waals surface area (Å²) in [6.45, 7) is 3.84. The maximum absolute atomic E-state index is 12.8. The third-order valence-electron chi connectivity index (χ3n) is 3.66. The van der Waals surface area contributed by atoms with Gasteiger partial charge in [-0.1, -0.05) is 36.9 Å². The van der Waals surface area contributed by atoms with Crippen molar-refractivity contribution in [2.45, 2.75) is 0 Å². The van der Waals surface area contributed by atoms with Crippen LogP contribution in [-0.4, -0.2) is 32.1 Å². The summed E-state index contributed by atoms with van der Waals surface area (Å²) in [5.74, 6) is 0.227. The topological polar surface area (TPSA) is 61.8 Å². The van der Waals surface area contributed by atoms with Crippen LogP contribution in [0.5, 0.6) is 11.5 Å². The van der Waals surface area contributed by atoms with E-state index in [-0.39, 0.29) is 36.1 Å². The summed E-state index contributed by atoms with van der Waals surface area (Å²) in [6, 6.07) is 9.88. The van der Waals surface area contributed by atoms with Crippen LogP contribution in [0.25, 0.3) is 0 Å². The maximum atomic E-state index is 12.8. The Morgan fingerprint density at radius 1 is 1.00 bits per heavy atom. The Morgan fingerprint density at radius 2 is 1.71 bits per heavy atom. The first-order valence-electron chi connectivity index (χ1n) is 7.39. The first kappa shape index (κ1) is 16.0. The van der Waals surface area contributed by atoms with Gasteiger partial charge in [0.15, 0.2) is 18.4 Å². The van der Waals surface area contributed by atoms with Gasteiger partial charge in [-0.3, -0.25) is 9.59 Å². The van der Waals surface area contributed by atoms with E-state index in [4.69, 9.17) is 14.2 Å². The molecular formula is C19H16O5. The lowest BCUT2D eigenvalue weighted by atomic mass is 9.83. The van der Waals surface area contributed by atoms with Gasteiger partial charge in [-0.15, -0.1) is 0 Å². The van der Waals surface area contributed by atoms with Crippen molar-refractivity contribution in [2.24, 2.45) is 0 Å². The van der Waals surface area contributed by atoms with Gasteiger partial charge >= 0.3 is 0 Å². The second-order valence-corrected chi connectivity index (χ2v) is 5.20. The number of hydrogen-bond donors (Lipinski definition) is 0. The summed E-state index contributed by atoms with van der Waals surface area (Å²) in [7, 11) is 1.50. The summed E-state index contributed by atoms with van der Waals surface area (Å²) in [6.07, 6.45) is 1.57. The van der Waals surface area contributed by atoms with Gasteiger partial charge in [0.05, 0.1) is 5.56 Å². The van der Waals surface area contributed by atoms with Crippen molar-refractivity contribution in [2.75, 3.05) is 20.5 Å². The summed E-state index contributed by atoms with van der Waals surface area (Å²) in [5, 5.41) is 0. The van der Waals surface area contributed by atoms with Gasteiger partial charge in [0.2, 0.25) is 0 Å². The quantitative estimate of drug-likeness (QED) is 0.515. The molecule has 0 amide bonds. The molecule has 5 heteroatoms. The molecule has 0 bridgehead atoms. The van der Waals surface area contributed by atoms with Crippen molar-refractivity contribution in [3.8, 4) is 11.5 Å². The zero-order chi connectivity index (χ0) is 17.1. The molecule has 2 aromatic carbocycles. The van der Waals surface area contributed by atoms with Gasteiger partial charge < -0.3 is 14.2 Å². The lowest BCUT2D eigenvalue weighted by molar-refractivity contribution is 0.0508. The number of fused-ring (bicyclic) bond motifs is 2. The summed E-state index contributed by atoms with van der Waals surface area (Å²) < 4.78 is 15.9. The number of methoxy groups -OCH3 is 1. The molecule has 24 heavy (non-hydrogen) atoms. The van der Waals surface area contributed by atoms with Crippen molar-refractivity contribution < 1.29 is 23.8 Å². The number of carbonyl (C=O) groups is 2. The van der Waals surface area contributed by atoms with Crippen molar-refractivity contribution in [3.05, 3.63) is 71.3 Å². The zero-order valence-electron chi connectivity index (χ0n) is 13.2. The van der Waals surface area contributed by atoms with Gasteiger partial charge in [-0.2, -0.15) is 0 Å². The Labute approximate surface area is 139 Å². The SMILES string of the molecule is C=CCOc1cc(OCOC)cc2c1C(=O)c1ccccc1C2=O. The minimum atomic E-state index is -0.238. The van der Waals surface area contributed by atoms with Crippen LogP contribution in [0, 0.1) is 0 Å². The second kappa shape index (κ2) is 6.68. The fourth-order valence-corrected chi connectivity index (χ4v) is 2.64. The highest BCUT2D eigenvalue weighted by Crippen LogP contribution is 2.36. The Hall–Kier alpha value is -2.92. The van der Waals surface area contributed by atoms with Crippen molar-refractivity contribution in [1.29, 1.82) is 0 Å². The first-order valence-corrected chi connectivity index (χ1v) is 7.39. The van der Waals surface area contributed by atoms with Crippen LogP contribution in [0.1, 0.15) is 31.8 Å². The average molecular weight is 324 g/mol. The maximum Gasteiger partial charge on any atom is 0.198 e. The molecule has 0 saturated carbocycles. The molecule has 1 aliphatic carbocycles. The number of rotatable bonds is 6. The normalized spacial score (nSPS) is 12.4. The van der Waals surface area contributed by atoms with Crippen LogP contribution in [0.2, 0.25) is 0 Å². The van der Waals surface area contributed by atoms with E-state index in [1.165, 1.54) is 7.11 Å². The van der Waals surface area contributed by atoms with E-state index in [0.717, 1.165) is 0 Å². The Morgan fingerprint density at radius 3 is 2.38 bits per heavy atom. The molecule has 0 heterocycles. The third-order valence-corrected chi connectivity index (χ3v) is 3.66. The van der Waals surface area contributed by atoms with Crippen LogP contribution < -0.4 is 9.47 Å². The van der Waals surface area contributed by atoms with E-state index in [1.807, 2.05) is 0 Å². The number of benzene rings is 2. The summed E-state index contributed by atoms with van der Waals surface area (Å²) in [5.41, 5.74) is 1.29. The van der Waals surface area contributed by atoms with Crippen LogP contribution in [0.3, 0.4) is 0 Å². The molecule has 1 aliphatic rings. The number of carbonyl (C=O) groups excluding carboxylic acids is 2. The van der Waals surface area contributed by atoms with Crippen LogP contribution in [-0.2, 0) is 4.74 Å². The van der Waals surface area contributed by atoms with Gasteiger partial charge in [0.25, 0.3) is 0 Å². The van der Waals surface area contributed by atoms with Crippen LogP contribution in [0.4, 0.5) is 0 Å². The second-order valence-electron chi connectivity index (χ2n) is 5.20. The minimum Gasteiger partial charge on any atom is -0.489 e. The van der Waals surface area contributed by atoms with E-state index in [2.05, 4.69) is 6.58 Å². The van der Waals surface area contributed by atoms with Crippen LogP contribution in [0.15, 0.2) is 49.1 Å². The molecule has 0 radical (unpaired) electrons. The molecule has 122 valence electrons. The number of ether oxygens (including phenoxy) is 3. The molecule has 0 spiro atoms. The van der Waals surface area contributed by atoms with Crippen molar-refractivity contribution in [3.63, 3.8) is 0 Å². The first-order chi connectivity index (χ1) is 11.7. The van der Waals surface area contributed by atoms with E-state index in [0.29, 0.717) is 22.6 Å². The molecule has 0 saturated heterocycles. The van der Waals surface area contributed by atoms with Gasteiger partial charge in [0, 0.05) is 29.9 Å².